The van der Waals surface area contributed by atoms with E-state index in [2.05, 4.69) is 10.2 Å². The van der Waals surface area contributed by atoms with Crippen LogP contribution in [0.25, 0.3) is 11.5 Å². The topological polar surface area (TPSA) is 224 Å². The maximum Gasteiger partial charge on any atom is 0.434 e. The molecule has 0 radical (unpaired) electrons. The summed E-state index contributed by atoms with van der Waals surface area (Å²) < 4.78 is 93.3. The van der Waals surface area contributed by atoms with Gasteiger partial charge in [0.1, 0.15) is 46.1 Å². The highest BCUT2D eigenvalue weighted by Gasteiger charge is 2.29. The lowest BCUT2D eigenvalue weighted by Gasteiger charge is -2.22. The van der Waals surface area contributed by atoms with E-state index in [4.69, 9.17) is 13.9 Å². The number of H-pyrrole nitrogens is 1. The Morgan fingerprint density at radius 2 is 1.19 bits per heavy atom. The molecule has 7 rings (SSSR count). The minimum absolute atomic E-state index is 0. The molecule has 0 atom stereocenters. The highest BCUT2D eigenvalue weighted by Crippen LogP contribution is 2.31. The number of nitrogens with zero attached hydrogens (tertiary/aromatic N) is 3. The maximum atomic E-state index is 14.9. The number of carbonyl (C=O) groups is 3. The summed E-state index contributed by atoms with van der Waals surface area (Å²) in [5.74, 6) is -3.35. The van der Waals surface area contributed by atoms with Gasteiger partial charge in [-0.1, -0.05) is 28.7 Å². The third kappa shape index (κ3) is 10.6. The van der Waals surface area contributed by atoms with Gasteiger partial charge in [0, 0.05) is 64.5 Å². The van der Waals surface area contributed by atoms with Crippen LogP contribution in [-0.2, 0) is 45.6 Å². The number of rotatable bonds is 8. The summed E-state index contributed by atoms with van der Waals surface area (Å²) in [6, 6.07) is 14.4. The molecule has 0 bridgehead atoms. The Kier molecular flexibility index (Phi) is 15.4. The molecule has 1 aromatic heterocycles. The molecule has 0 aliphatic carbocycles. The number of aromatic amines is 1. The zero-order valence-electron chi connectivity index (χ0n) is 33.3. The predicted molar refractivity (Wildman–Crippen MR) is 228 cm³/mol. The molecule has 0 unspecified atom stereocenters. The largest absolute Gasteiger partial charge is 0.491 e. The Morgan fingerprint density at radius 3 is 1.60 bits per heavy atom. The highest BCUT2D eigenvalue weighted by molar-refractivity contribution is 7.91. The van der Waals surface area contributed by atoms with Crippen LogP contribution in [0.4, 0.5) is 8.78 Å². The number of sulfone groups is 2. The molecular weight excluding hydrogens is 867 g/mol. The number of aromatic nitrogens is 2. The van der Waals surface area contributed by atoms with Crippen LogP contribution >= 0.6 is 0 Å². The van der Waals surface area contributed by atoms with Crippen LogP contribution in [0.15, 0.2) is 79.7 Å². The van der Waals surface area contributed by atoms with Crippen molar-refractivity contribution < 1.29 is 59.0 Å². The van der Waals surface area contributed by atoms with Gasteiger partial charge >= 0.3 is 11.7 Å². The lowest BCUT2D eigenvalue weighted by molar-refractivity contribution is 0.0694. The van der Waals surface area contributed by atoms with Crippen molar-refractivity contribution in [2.45, 2.75) is 64.4 Å². The van der Waals surface area contributed by atoms with Gasteiger partial charge in [-0.15, -0.1) is 5.10 Å². The molecule has 0 spiro atoms. The van der Waals surface area contributed by atoms with Crippen LogP contribution in [0, 0.1) is 11.6 Å². The number of halogens is 2. The molecule has 4 aromatic carbocycles. The highest BCUT2D eigenvalue weighted by atomic mass is 32.2. The number of fused-ring (bicyclic) bond motifs is 2. The molecule has 3 heterocycles. The second kappa shape index (κ2) is 19.7. The molecule has 0 saturated heterocycles. The van der Waals surface area contributed by atoms with E-state index >= 15 is 0 Å². The molecule has 2 aliphatic heterocycles. The first kappa shape index (κ1) is 49.2. The number of hydrogen-bond donors (Lipinski definition) is 2. The number of hydrogen-bond acceptors (Lipinski definition) is 12. The second-order valence-corrected chi connectivity index (χ2v) is 18.0. The average Bonchev–Trinajstić information content (AvgIpc) is 3.39. The molecule has 20 heteroatoms. The summed E-state index contributed by atoms with van der Waals surface area (Å²) in [6.45, 7) is 4.43. The average molecular weight is 915 g/mol. The fourth-order valence-corrected chi connectivity index (χ4v) is 8.49. The van der Waals surface area contributed by atoms with Gasteiger partial charge < -0.3 is 28.8 Å². The molecule has 0 saturated carbocycles. The lowest BCUT2D eigenvalue weighted by Crippen LogP contribution is -2.33. The van der Waals surface area contributed by atoms with E-state index in [1.807, 2.05) is 0 Å². The molecule has 5 aromatic rings. The number of nitrogens with one attached hydrogen (secondary N) is 1. The summed E-state index contributed by atoms with van der Waals surface area (Å²) in [5, 5.41) is 15.2. The van der Waals surface area contributed by atoms with E-state index in [1.54, 1.807) is 38.1 Å². The van der Waals surface area contributed by atoms with Crippen LogP contribution < -0.4 is 15.2 Å². The predicted octanol–water partition coefficient (Wildman–Crippen LogP) is 5.97. The van der Waals surface area contributed by atoms with Crippen LogP contribution in [0.5, 0.6) is 11.5 Å². The van der Waals surface area contributed by atoms with E-state index in [-0.39, 0.29) is 101 Å². The number of aromatic carboxylic acids is 1. The number of carboxylic acids is 1. The van der Waals surface area contributed by atoms with Gasteiger partial charge in [-0.05, 0) is 73.5 Å². The number of ether oxygens (including phenoxy) is 2. The second-order valence-electron chi connectivity index (χ2n) is 14.1. The fourth-order valence-electron chi connectivity index (χ4n) is 6.96. The SMILES string of the molecule is C.C.CCc1c(C(=O)N2CCOc3ccc(-c4n[nH]c(=O)o4)cc3C2)ccc(S(C)(=O)=O)c1F.CCc1c(C(=O)N2CCOc3ccc(C(=O)O)cc3C2)ccc(S(C)(=O)=O)c1F. The smallest absolute Gasteiger partial charge is 0.434 e. The number of carboxylic acid groups (broad SMARTS) is 1. The summed E-state index contributed by atoms with van der Waals surface area (Å²) in [7, 11) is -7.54. The number of carbonyl (C=O) groups excluding carboxylic acids is 2. The molecule has 2 aliphatic rings. The molecule has 63 heavy (non-hydrogen) atoms. The summed E-state index contributed by atoms with van der Waals surface area (Å²) >= 11 is 0. The van der Waals surface area contributed by atoms with Crippen molar-refractivity contribution in [3.8, 4) is 23.0 Å². The third-order valence-corrected chi connectivity index (χ3v) is 12.2. The van der Waals surface area contributed by atoms with Gasteiger partial charge in [-0.3, -0.25) is 9.59 Å². The van der Waals surface area contributed by atoms with Gasteiger partial charge in [0.15, 0.2) is 19.7 Å². The fraction of sp³-hybridized carbons (Fsp3) is 0.326. The van der Waals surface area contributed by atoms with Gasteiger partial charge in [0.2, 0.25) is 5.89 Å². The van der Waals surface area contributed by atoms with Crippen LogP contribution in [0.2, 0.25) is 0 Å². The molecule has 2 amide bonds. The third-order valence-electron chi connectivity index (χ3n) is 9.97. The molecule has 0 fully saturated rings. The van der Waals surface area contributed by atoms with E-state index < -0.39 is 64.6 Å². The minimum atomic E-state index is -3.77. The first-order valence-electron chi connectivity index (χ1n) is 18.7. The Labute approximate surface area is 363 Å². The van der Waals surface area contributed by atoms with E-state index in [9.17, 15) is 49.9 Å². The zero-order chi connectivity index (χ0) is 44.4. The van der Waals surface area contributed by atoms with Crippen LogP contribution in [0.1, 0.15) is 82.0 Å². The normalized spacial score (nSPS) is 13.5. The maximum absolute atomic E-state index is 14.9. The standard InChI is InChI=1S/C21H20FN3O6S.C20H20FNO6S.2CH4/c1-3-14-15(5-7-17(18(14)22)32(2,28)29)20(26)25-8-9-30-16-6-4-12(10-13(16)11-25)19-23-24-21(27)31-19;1-3-14-15(5-7-17(18(14)21)29(2,26)27)19(23)22-8-9-28-16-6-4-12(20(24)25)10-13(16)11-22;;/h4-7,10H,3,8-9,11H2,1-2H3,(H,24,27);4-7,10H,3,8-9,11H2,1-2H3,(H,24,25);2*1H4. The Balaban J connectivity index is 0.000000269. The van der Waals surface area contributed by atoms with Gasteiger partial charge in [0.05, 0.1) is 18.7 Å². The molecular formula is C43H48F2N4O12S2. The van der Waals surface area contributed by atoms with Crippen molar-refractivity contribution >= 4 is 37.5 Å². The summed E-state index contributed by atoms with van der Waals surface area (Å²) in [4.78, 5) is 50.9. The van der Waals surface area contributed by atoms with Crippen molar-refractivity contribution in [1.82, 2.24) is 20.0 Å². The molecule has 2 N–H and O–H groups in total. The number of amides is 2. The summed E-state index contributed by atoms with van der Waals surface area (Å²) in [6.07, 6.45) is 2.13. The first-order chi connectivity index (χ1) is 28.8. The first-order valence-corrected chi connectivity index (χ1v) is 22.5. The van der Waals surface area contributed by atoms with Gasteiger partial charge in [0.25, 0.3) is 11.8 Å². The van der Waals surface area contributed by atoms with Gasteiger partial charge in [-0.25, -0.2) is 40.3 Å². The quantitative estimate of drug-likeness (QED) is 0.183. The Morgan fingerprint density at radius 1 is 0.730 bits per heavy atom. The van der Waals surface area contributed by atoms with Gasteiger partial charge in [-0.2, -0.15) is 0 Å². The van der Waals surface area contributed by atoms with E-state index in [0.717, 1.165) is 24.6 Å². The molecule has 338 valence electrons. The Hall–Kier alpha value is -6.41. The van der Waals surface area contributed by atoms with Crippen LogP contribution in [0.3, 0.4) is 0 Å². The van der Waals surface area contributed by atoms with Crippen molar-refractivity contribution in [3.05, 3.63) is 122 Å². The number of benzene rings is 4. The van der Waals surface area contributed by atoms with Crippen molar-refractivity contribution in [3.63, 3.8) is 0 Å². The zero-order valence-corrected chi connectivity index (χ0v) is 34.9. The lowest BCUT2D eigenvalue weighted by atomic mass is 10.0. The van der Waals surface area contributed by atoms with E-state index in [1.165, 1.54) is 34.1 Å². The molecule has 16 nitrogen and oxygen atoms in total. The van der Waals surface area contributed by atoms with Crippen LogP contribution in [-0.4, -0.2) is 98.5 Å². The monoisotopic (exact) mass is 914 g/mol. The minimum Gasteiger partial charge on any atom is -0.491 e. The van der Waals surface area contributed by atoms with Crippen molar-refractivity contribution in [1.29, 1.82) is 0 Å². The van der Waals surface area contributed by atoms with E-state index in [0.29, 0.717) is 28.2 Å². The van der Waals surface area contributed by atoms with Crippen molar-refractivity contribution in [2.24, 2.45) is 0 Å². The Bertz CT molecular complexity index is 2840. The van der Waals surface area contributed by atoms with Crippen molar-refractivity contribution in [2.75, 3.05) is 38.8 Å². The summed E-state index contributed by atoms with van der Waals surface area (Å²) in [5.41, 5.74) is 2.05.